The number of nitrogens with zero attached hydrogens (tertiary/aromatic N) is 3. The van der Waals surface area contributed by atoms with Gasteiger partial charge in [-0.05, 0) is 153 Å². The molecule has 358 valence electrons. The first-order valence-corrected chi connectivity index (χ1v) is 26.6. The molecule has 0 radical (unpaired) electrons. The van der Waals surface area contributed by atoms with Crippen LogP contribution in [0.4, 0.5) is 34.1 Å². The molecule has 0 aliphatic heterocycles. The van der Waals surface area contributed by atoms with E-state index in [-0.39, 0.29) is 0 Å². The summed E-state index contributed by atoms with van der Waals surface area (Å²) in [7, 11) is 0. The van der Waals surface area contributed by atoms with Crippen LogP contribution in [0.25, 0.3) is 73.2 Å². The molecule has 0 fully saturated rings. The zero-order valence-corrected chi connectivity index (χ0v) is 41.9. The standard InChI is InChI=1S/C73H51N3/c1-7-26-50(27-8-1)59-46-61-56-38-19-22-41-63(56)73(65(61)48-70(59)74(52-30-11-3-12-31-52)53-32-13-4-14-33-53)64-42-23-20-39-57(64)62-47-60(51-28-9-2-10-29-51)71(49-66(62)73)76(55-36-17-6-18-37-55)69-45-25-44-68-72(69)58-40-21-24-43-67(58)75(68)54-34-15-5-16-35-54/h1-20,22-23,25-49H,21,24H2. The molecule has 1 unspecified atom stereocenters. The van der Waals surface area contributed by atoms with Crippen molar-refractivity contribution in [2.24, 2.45) is 0 Å². The van der Waals surface area contributed by atoms with E-state index in [0.29, 0.717) is 0 Å². The summed E-state index contributed by atoms with van der Waals surface area (Å²) in [4.78, 5) is 5.03. The number of hydrogen-bond donors (Lipinski definition) is 0. The molecule has 1 aromatic heterocycles. The minimum absolute atomic E-state index is 0.683. The second-order valence-electron chi connectivity index (χ2n) is 20.2. The topological polar surface area (TPSA) is 11.4 Å². The summed E-state index contributed by atoms with van der Waals surface area (Å²) in [5.74, 6) is 0. The van der Waals surface area contributed by atoms with E-state index in [0.717, 1.165) is 52.7 Å². The maximum atomic E-state index is 2.59. The highest BCUT2D eigenvalue weighted by Gasteiger charge is 2.53. The van der Waals surface area contributed by atoms with Gasteiger partial charge in [-0.25, -0.2) is 0 Å². The van der Waals surface area contributed by atoms with E-state index in [1.807, 2.05) is 0 Å². The third-order valence-electron chi connectivity index (χ3n) is 16.2. The van der Waals surface area contributed by atoms with E-state index in [9.17, 15) is 0 Å². The lowest BCUT2D eigenvalue weighted by Gasteiger charge is -2.35. The van der Waals surface area contributed by atoms with Crippen LogP contribution in [0.3, 0.4) is 0 Å². The molecule has 3 nitrogen and oxygen atoms in total. The highest BCUT2D eigenvalue weighted by atomic mass is 15.2. The van der Waals surface area contributed by atoms with Crippen molar-refractivity contribution in [1.29, 1.82) is 0 Å². The van der Waals surface area contributed by atoms with Crippen LogP contribution in [0.15, 0.2) is 273 Å². The lowest BCUT2D eigenvalue weighted by Crippen LogP contribution is -2.30. The van der Waals surface area contributed by atoms with Crippen molar-refractivity contribution < 1.29 is 0 Å². The van der Waals surface area contributed by atoms with E-state index in [2.05, 4.69) is 300 Å². The molecule has 1 spiro atoms. The van der Waals surface area contributed by atoms with Crippen LogP contribution < -0.4 is 20.4 Å². The van der Waals surface area contributed by atoms with Crippen molar-refractivity contribution in [3.8, 4) is 50.2 Å². The Labute approximate surface area is 443 Å². The molecule has 0 amide bonds. The van der Waals surface area contributed by atoms with Gasteiger partial charge in [-0.1, -0.05) is 200 Å². The summed E-state index contributed by atoms with van der Waals surface area (Å²) in [6.45, 7) is 0. The molecule has 11 aromatic carbocycles. The Bertz CT molecular complexity index is 4270. The van der Waals surface area contributed by atoms with Gasteiger partial charge in [0.25, 0.3) is 0 Å². The SMILES string of the molecule is C1=c2c(n(-c3ccccc3)c3cccc(N(c4ccccc4)c4cc5c(cc4-c4ccccc4)-c4ccccc4C54c5ccccc5-c5cc(-c6ccccc6)c(N(c6ccccc6)c6ccccc6)cc54)c23)=CCC1. The van der Waals surface area contributed by atoms with Gasteiger partial charge in [0.05, 0.1) is 28.0 Å². The van der Waals surface area contributed by atoms with E-state index >= 15 is 0 Å². The van der Waals surface area contributed by atoms with Crippen molar-refractivity contribution in [1.82, 2.24) is 4.57 Å². The van der Waals surface area contributed by atoms with Crippen LogP contribution in [-0.4, -0.2) is 4.57 Å². The maximum Gasteiger partial charge on any atom is 0.0727 e. The van der Waals surface area contributed by atoms with Gasteiger partial charge in [0, 0.05) is 49.8 Å². The second kappa shape index (κ2) is 17.8. The number of fused-ring (bicyclic) bond motifs is 13. The Morgan fingerprint density at radius 3 is 1.28 bits per heavy atom. The normalized spacial score (nSPS) is 14.5. The molecule has 1 heterocycles. The largest absolute Gasteiger partial charge is 0.310 e. The molecule has 3 heteroatoms. The minimum Gasteiger partial charge on any atom is -0.310 e. The van der Waals surface area contributed by atoms with Crippen molar-refractivity contribution in [2.45, 2.75) is 18.3 Å². The van der Waals surface area contributed by atoms with Crippen LogP contribution in [0, 0.1) is 0 Å². The van der Waals surface area contributed by atoms with Crippen molar-refractivity contribution in [2.75, 3.05) is 9.80 Å². The Morgan fingerprint density at radius 2 is 0.750 bits per heavy atom. The van der Waals surface area contributed by atoms with Gasteiger partial charge in [-0.2, -0.15) is 0 Å². The smallest absolute Gasteiger partial charge is 0.0727 e. The number of aromatic nitrogens is 1. The molecule has 0 N–H and O–H groups in total. The highest BCUT2D eigenvalue weighted by Crippen LogP contribution is 2.65. The van der Waals surface area contributed by atoms with Gasteiger partial charge < -0.3 is 14.4 Å². The first-order chi connectivity index (χ1) is 37.8. The molecule has 0 saturated carbocycles. The van der Waals surface area contributed by atoms with E-state index in [1.165, 1.54) is 88.2 Å². The third kappa shape index (κ3) is 6.62. The third-order valence-corrected chi connectivity index (χ3v) is 16.2. The van der Waals surface area contributed by atoms with Crippen LogP contribution in [-0.2, 0) is 5.41 Å². The van der Waals surface area contributed by atoms with Crippen LogP contribution in [0.1, 0.15) is 35.1 Å². The lowest BCUT2D eigenvalue weighted by atomic mass is 9.70. The van der Waals surface area contributed by atoms with Crippen LogP contribution in [0.5, 0.6) is 0 Å². The maximum absolute atomic E-state index is 2.59. The molecule has 1 atom stereocenters. The predicted octanol–water partition coefficient (Wildman–Crippen LogP) is 17.6. The molecule has 0 bridgehead atoms. The Balaban J connectivity index is 1.07. The van der Waals surface area contributed by atoms with Crippen LogP contribution >= 0.6 is 0 Å². The number of benzene rings is 11. The van der Waals surface area contributed by atoms with E-state index < -0.39 is 5.41 Å². The number of para-hydroxylation sites is 4. The monoisotopic (exact) mass is 969 g/mol. The van der Waals surface area contributed by atoms with Crippen molar-refractivity contribution in [3.05, 3.63) is 306 Å². The van der Waals surface area contributed by atoms with Gasteiger partial charge in [0.2, 0.25) is 0 Å². The zero-order chi connectivity index (χ0) is 50.2. The fraction of sp³-hybridized carbons (Fsp3) is 0.0411. The first-order valence-electron chi connectivity index (χ1n) is 26.6. The van der Waals surface area contributed by atoms with Gasteiger partial charge in [-0.3, -0.25) is 0 Å². The Morgan fingerprint density at radius 1 is 0.316 bits per heavy atom. The molecule has 3 aliphatic carbocycles. The van der Waals surface area contributed by atoms with Gasteiger partial charge in [0.1, 0.15) is 0 Å². The molecule has 0 saturated heterocycles. The fourth-order valence-electron chi connectivity index (χ4n) is 13.1. The Kier molecular flexibility index (Phi) is 10.2. The molecular weight excluding hydrogens is 919 g/mol. The average molecular weight is 970 g/mol. The number of anilines is 6. The number of hydrogen-bond acceptors (Lipinski definition) is 2. The molecule has 15 rings (SSSR count). The molecule has 3 aliphatic rings. The van der Waals surface area contributed by atoms with Gasteiger partial charge >= 0.3 is 0 Å². The summed E-state index contributed by atoms with van der Waals surface area (Å²) in [5.41, 5.74) is 23.2. The summed E-state index contributed by atoms with van der Waals surface area (Å²) in [6.07, 6.45) is 6.91. The summed E-state index contributed by atoms with van der Waals surface area (Å²) in [6, 6.07) is 101. The zero-order valence-electron chi connectivity index (χ0n) is 41.9. The summed E-state index contributed by atoms with van der Waals surface area (Å²) in [5, 5.41) is 3.79. The van der Waals surface area contributed by atoms with Crippen LogP contribution in [0.2, 0.25) is 0 Å². The second-order valence-corrected chi connectivity index (χ2v) is 20.2. The first kappa shape index (κ1) is 43.8. The Hall–Kier alpha value is -9.70. The quantitative estimate of drug-likeness (QED) is 0.143. The molecule has 76 heavy (non-hydrogen) atoms. The summed E-state index contributed by atoms with van der Waals surface area (Å²) >= 11 is 0. The van der Waals surface area contributed by atoms with Gasteiger partial charge in [-0.15, -0.1) is 0 Å². The van der Waals surface area contributed by atoms with Crippen molar-refractivity contribution in [3.63, 3.8) is 0 Å². The van der Waals surface area contributed by atoms with Crippen molar-refractivity contribution >= 4 is 57.2 Å². The molecule has 12 aromatic rings. The average Bonchev–Trinajstić information content (AvgIpc) is 4.31. The fourth-order valence-corrected chi connectivity index (χ4v) is 13.1. The minimum atomic E-state index is -0.683. The number of rotatable bonds is 9. The van der Waals surface area contributed by atoms with E-state index in [4.69, 9.17) is 0 Å². The van der Waals surface area contributed by atoms with Gasteiger partial charge in [0.15, 0.2) is 0 Å². The molecular formula is C73H51N3. The lowest BCUT2D eigenvalue weighted by molar-refractivity contribution is 0.793. The highest BCUT2D eigenvalue weighted by molar-refractivity contribution is 6.06. The summed E-state index contributed by atoms with van der Waals surface area (Å²) < 4.78 is 2.47. The predicted molar refractivity (Wildman–Crippen MR) is 317 cm³/mol. The van der Waals surface area contributed by atoms with E-state index in [1.54, 1.807) is 0 Å².